The van der Waals surface area contributed by atoms with Gasteiger partial charge >= 0.3 is 0 Å². The Hall–Kier alpha value is -1.84. The highest BCUT2D eigenvalue weighted by Crippen LogP contribution is 2.03. The Kier molecular flexibility index (Phi) is 3.03. The van der Waals surface area contributed by atoms with Gasteiger partial charge in [0.25, 0.3) is 6.20 Å². The minimum atomic E-state index is -0.543. The third kappa shape index (κ3) is 3.37. The number of nitro groups is 1. The molecule has 1 aromatic rings. The number of benzene rings is 1. The standard InChI is InChI=1S/C9H10N2O2/c10-9(7-11(12)13)6-8-4-2-1-3-5-8/h1-5,7H,6,10H2. The molecule has 13 heavy (non-hydrogen) atoms. The second-order valence-corrected chi connectivity index (χ2v) is 2.65. The molecule has 0 aliphatic carbocycles. The van der Waals surface area contributed by atoms with Crippen molar-refractivity contribution in [1.29, 1.82) is 0 Å². The summed E-state index contributed by atoms with van der Waals surface area (Å²) in [6.45, 7) is 0. The number of rotatable bonds is 3. The van der Waals surface area contributed by atoms with Crippen LogP contribution >= 0.6 is 0 Å². The lowest BCUT2D eigenvalue weighted by molar-refractivity contribution is -0.403. The van der Waals surface area contributed by atoms with Crippen LogP contribution in [0.2, 0.25) is 0 Å². The molecule has 0 heterocycles. The fourth-order valence-corrected chi connectivity index (χ4v) is 1.01. The van der Waals surface area contributed by atoms with Crippen LogP contribution in [0.3, 0.4) is 0 Å². The van der Waals surface area contributed by atoms with Crippen molar-refractivity contribution in [2.24, 2.45) is 5.73 Å². The molecule has 0 aromatic heterocycles. The molecule has 2 N–H and O–H groups in total. The summed E-state index contributed by atoms with van der Waals surface area (Å²) in [5.74, 6) is 0. The van der Waals surface area contributed by atoms with Crippen molar-refractivity contribution >= 4 is 0 Å². The maximum atomic E-state index is 10.0. The average molecular weight is 178 g/mol. The zero-order valence-corrected chi connectivity index (χ0v) is 7.01. The summed E-state index contributed by atoms with van der Waals surface area (Å²) in [4.78, 5) is 9.51. The Balaban J connectivity index is 2.65. The smallest absolute Gasteiger partial charge is 0.253 e. The van der Waals surface area contributed by atoms with E-state index in [9.17, 15) is 10.1 Å². The summed E-state index contributed by atoms with van der Waals surface area (Å²) in [6, 6.07) is 9.38. The van der Waals surface area contributed by atoms with Crippen LogP contribution in [0.5, 0.6) is 0 Å². The molecule has 0 amide bonds. The molecule has 0 aliphatic heterocycles. The van der Waals surface area contributed by atoms with Gasteiger partial charge in [-0.05, 0) is 5.56 Å². The van der Waals surface area contributed by atoms with E-state index in [1.165, 1.54) is 0 Å². The fraction of sp³-hybridized carbons (Fsp3) is 0.111. The molecule has 0 radical (unpaired) electrons. The number of nitrogens with zero attached hydrogens (tertiary/aromatic N) is 1. The van der Waals surface area contributed by atoms with E-state index in [1.54, 1.807) is 0 Å². The zero-order chi connectivity index (χ0) is 9.68. The van der Waals surface area contributed by atoms with Crippen LogP contribution in [0.15, 0.2) is 42.2 Å². The first-order valence-corrected chi connectivity index (χ1v) is 3.82. The van der Waals surface area contributed by atoms with Gasteiger partial charge in [0.15, 0.2) is 0 Å². The SMILES string of the molecule is NC(=C[N+](=O)[O-])Cc1ccccc1. The Morgan fingerprint density at radius 3 is 2.62 bits per heavy atom. The molecule has 0 atom stereocenters. The van der Waals surface area contributed by atoms with Crippen LogP contribution in [0, 0.1) is 10.1 Å². The van der Waals surface area contributed by atoms with Gasteiger partial charge in [0.1, 0.15) is 0 Å². The van der Waals surface area contributed by atoms with E-state index in [1.807, 2.05) is 30.3 Å². The van der Waals surface area contributed by atoms with Crippen molar-refractivity contribution in [3.05, 3.63) is 57.9 Å². The first kappa shape index (κ1) is 9.25. The molecule has 0 unspecified atom stereocenters. The molecule has 0 saturated carbocycles. The van der Waals surface area contributed by atoms with E-state index in [0.29, 0.717) is 6.42 Å². The lowest BCUT2D eigenvalue weighted by atomic mass is 10.1. The van der Waals surface area contributed by atoms with Crippen LogP contribution in [0.25, 0.3) is 0 Å². The molecule has 68 valence electrons. The van der Waals surface area contributed by atoms with Gasteiger partial charge in [-0.1, -0.05) is 30.3 Å². The lowest BCUT2D eigenvalue weighted by Gasteiger charge is -1.97. The molecule has 4 heteroatoms. The Labute approximate surface area is 75.8 Å². The molecular formula is C9H10N2O2. The molecular weight excluding hydrogens is 168 g/mol. The summed E-state index contributed by atoms with van der Waals surface area (Å²) in [5.41, 5.74) is 6.66. The minimum Gasteiger partial charge on any atom is -0.397 e. The van der Waals surface area contributed by atoms with Crippen LogP contribution < -0.4 is 5.73 Å². The molecule has 1 aromatic carbocycles. The third-order valence-corrected chi connectivity index (χ3v) is 1.52. The number of allylic oxidation sites excluding steroid dienone is 1. The van der Waals surface area contributed by atoms with Gasteiger partial charge in [0.2, 0.25) is 0 Å². The summed E-state index contributed by atoms with van der Waals surface area (Å²) < 4.78 is 0. The molecule has 0 fully saturated rings. The van der Waals surface area contributed by atoms with Crippen molar-refractivity contribution in [2.45, 2.75) is 6.42 Å². The van der Waals surface area contributed by atoms with Crippen molar-refractivity contribution < 1.29 is 4.92 Å². The molecule has 0 aliphatic rings. The summed E-state index contributed by atoms with van der Waals surface area (Å²) in [7, 11) is 0. The highest BCUT2D eigenvalue weighted by atomic mass is 16.6. The van der Waals surface area contributed by atoms with Crippen molar-refractivity contribution in [3.8, 4) is 0 Å². The molecule has 0 spiro atoms. The number of hydrogen-bond acceptors (Lipinski definition) is 3. The van der Waals surface area contributed by atoms with Crippen molar-refractivity contribution in [1.82, 2.24) is 0 Å². The monoisotopic (exact) mass is 178 g/mol. The molecule has 4 nitrogen and oxygen atoms in total. The van der Waals surface area contributed by atoms with Crippen LogP contribution in [-0.4, -0.2) is 4.92 Å². The summed E-state index contributed by atoms with van der Waals surface area (Å²) in [5, 5.41) is 10.0. The van der Waals surface area contributed by atoms with E-state index >= 15 is 0 Å². The van der Waals surface area contributed by atoms with Gasteiger partial charge in [-0.15, -0.1) is 0 Å². The van der Waals surface area contributed by atoms with E-state index in [4.69, 9.17) is 5.73 Å². The van der Waals surface area contributed by atoms with Crippen LogP contribution in [0.1, 0.15) is 5.56 Å². The number of hydrogen-bond donors (Lipinski definition) is 1. The summed E-state index contributed by atoms with van der Waals surface area (Å²) >= 11 is 0. The quantitative estimate of drug-likeness (QED) is 0.560. The molecule has 0 saturated heterocycles. The first-order valence-electron chi connectivity index (χ1n) is 3.82. The van der Waals surface area contributed by atoms with Gasteiger partial charge in [-0.2, -0.15) is 0 Å². The van der Waals surface area contributed by atoms with E-state index < -0.39 is 4.92 Å². The van der Waals surface area contributed by atoms with Gasteiger partial charge in [-0.25, -0.2) is 0 Å². The van der Waals surface area contributed by atoms with Crippen LogP contribution in [-0.2, 0) is 6.42 Å². The average Bonchev–Trinajstić information content (AvgIpc) is 2.04. The van der Waals surface area contributed by atoms with Crippen molar-refractivity contribution in [3.63, 3.8) is 0 Å². The highest BCUT2D eigenvalue weighted by molar-refractivity contribution is 5.19. The van der Waals surface area contributed by atoms with Crippen LogP contribution in [0.4, 0.5) is 0 Å². The van der Waals surface area contributed by atoms with E-state index in [-0.39, 0.29) is 5.70 Å². The van der Waals surface area contributed by atoms with Gasteiger partial charge in [0, 0.05) is 6.42 Å². The van der Waals surface area contributed by atoms with Crippen molar-refractivity contribution in [2.75, 3.05) is 0 Å². The van der Waals surface area contributed by atoms with Gasteiger partial charge in [0.05, 0.1) is 10.6 Å². The topological polar surface area (TPSA) is 69.2 Å². The second kappa shape index (κ2) is 4.25. The lowest BCUT2D eigenvalue weighted by Crippen LogP contribution is -2.04. The number of nitrogens with two attached hydrogens (primary N) is 1. The predicted molar refractivity (Wildman–Crippen MR) is 49.4 cm³/mol. The minimum absolute atomic E-state index is 0.260. The Morgan fingerprint density at radius 2 is 2.08 bits per heavy atom. The fourth-order valence-electron chi connectivity index (χ4n) is 1.01. The van der Waals surface area contributed by atoms with E-state index in [0.717, 1.165) is 11.8 Å². The first-order chi connectivity index (χ1) is 6.18. The largest absolute Gasteiger partial charge is 0.397 e. The second-order valence-electron chi connectivity index (χ2n) is 2.65. The summed E-state index contributed by atoms with van der Waals surface area (Å²) in [6.07, 6.45) is 1.24. The molecule has 0 bridgehead atoms. The maximum absolute atomic E-state index is 10.0. The Bertz CT molecular complexity index is 320. The Morgan fingerprint density at radius 1 is 1.46 bits per heavy atom. The van der Waals surface area contributed by atoms with Gasteiger partial charge in [-0.3, -0.25) is 10.1 Å². The van der Waals surface area contributed by atoms with E-state index in [2.05, 4.69) is 0 Å². The maximum Gasteiger partial charge on any atom is 0.253 e. The zero-order valence-electron chi connectivity index (χ0n) is 7.01. The normalized spacial score (nSPS) is 11.2. The third-order valence-electron chi connectivity index (χ3n) is 1.52. The van der Waals surface area contributed by atoms with Gasteiger partial charge < -0.3 is 5.73 Å². The molecule has 1 rings (SSSR count). The highest BCUT2D eigenvalue weighted by Gasteiger charge is 1.98. The predicted octanol–water partition coefficient (Wildman–Crippen LogP) is 1.31.